The zero-order chi connectivity index (χ0) is 13.2. The summed E-state index contributed by atoms with van der Waals surface area (Å²) in [5.41, 5.74) is 3.04. The summed E-state index contributed by atoms with van der Waals surface area (Å²) in [7, 11) is -3.26. The van der Waals surface area contributed by atoms with Crippen LogP contribution in [0.25, 0.3) is 11.3 Å². The van der Waals surface area contributed by atoms with Crippen LogP contribution in [-0.4, -0.2) is 19.7 Å². The summed E-state index contributed by atoms with van der Waals surface area (Å²) < 4.78 is 24.5. The van der Waals surface area contributed by atoms with Crippen molar-refractivity contribution in [2.45, 2.75) is 13.3 Å². The molecule has 0 spiro atoms. The van der Waals surface area contributed by atoms with E-state index in [0.29, 0.717) is 5.13 Å². The van der Waals surface area contributed by atoms with Crippen molar-refractivity contribution in [3.63, 3.8) is 0 Å². The van der Waals surface area contributed by atoms with Gasteiger partial charge in [-0.2, -0.15) is 0 Å². The Morgan fingerprint density at radius 1 is 1.28 bits per heavy atom. The third-order valence-corrected chi connectivity index (χ3v) is 3.89. The number of aryl methyl sites for hydroxylation is 1. The number of hydrogen-bond acceptors (Lipinski definition) is 4. The standard InChI is InChI=1S/C12H14N2O2S2/c1-3-9-4-6-10(7-5-9)11-8-17-12(13-11)14-18(2,15)16/h4-8H,3H2,1-2H3,(H,13,14). The molecule has 1 aromatic heterocycles. The third-order valence-electron chi connectivity index (χ3n) is 2.43. The molecule has 0 saturated heterocycles. The van der Waals surface area contributed by atoms with Crippen molar-refractivity contribution >= 4 is 26.5 Å². The molecule has 6 heteroatoms. The largest absolute Gasteiger partial charge is 0.259 e. The zero-order valence-electron chi connectivity index (χ0n) is 10.2. The third kappa shape index (κ3) is 3.30. The highest BCUT2D eigenvalue weighted by molar-refractivity contribution is 7.92. The van der Waals surface area contributed by atoms with Crippen LogP contribution in [-0.2, 0) is 16.4 Å². The van der Waals surface area contributed by atoms with Crippen LogP contribution in [0.5, 0.6) is 0 Å². The van der Waals surface area contributed by atoms with Crippen molar-refractivity contribution in [2.75, 3.05) is 11.0 Å². The molecule has 1 heterocycles. The normalized spacial score (nSPS) is 11.4. The van der Waals surface area contributed by atoms with Gasteiger partial charge in [-0.1, -0.05) is 31.2 Å². The van der Waals surface area contributed by atoms with E-state index in [-0.39, 0.29) is 0 Å². The van der Waals surface area contributed by atoms with Gasteiger partial charge in [-0.05, 0) is 12.0 Å². The maximum absolute atomic E-state index is 11.1. The fourth-order valence-corrected chi connectivity index (χ4v) is 3.10. The first kappa shape index (κ1) is 13.0. The molecule has 0 atom stereocenters. The van der Waals surface area contributed by atoms with Crippen molar-refractivity contribution in [1.82, 2.24) is 4.98 Å². The Morgan fingerprint density at radius 2 is 1.94 bits per heavy atom. The summed E-state index contributed by atoms with van der Waals surface area (Å²) in [6, 6.07) is 8.10. The molecule has 0 saturated carbocycles. The second-order valence-electron chi connectivity index (χ2n) is 3.96. The first-order chi connectivity index (χ1) is 8.48. The molecule has 1 N–H and O–H groups in total. The molecule has 0 radical (unpaired) electrons. The number of nitrogens with zero attached hydrogens (tertiary/aromatic N) is 1. The quantitative estimate of drug-likeness (QED) is 0.938. The molecule has 18 heavy (non-hydrogen) atoms. The lowest BCUT2D eigenvalue weighted by Crippen LogP contribution is -2.08. The predicted octanol–water partition coefficient (Wildman–Crippen LogP) is 2.74. The smallest absolute Gasteiger partial charge is 0.231 e. The molecule has 2 rings (SSSR count). The summed E-state index contributed by atoms with van der Waals surface area (Å²) in [5, 5.41) is 2.24. The molecule has 0 aliphatic rings. The van der Waals surface area contributed by atoms with E-state index in [0.717, 1.165) is 23.9 Å². The van der Waals surface area contributed by atoms with E-state index in [1.807, 2.05) is 17.5 Å². The Hall–Kier alpha value is -1.40. The van der Waals surface area contributed by atoms with E-state index in [1.165, 1.54) is 16.9 Å². The number of aromatic nitrogens is 1. The average molecular weight is 282 g/mol. The minimum atomic E-state index is -3.26. The summed E-state index contributed by atoms with van der Waals surface area (Å²) in [5.74, 6) is 0. The monoisotopic (exact) mass is 282 g/mol. The molecular weight excluding hydrogens is 268 g/mol. The molecule has 0 fully saturated rings. The van der Waals surface area contributed by atoms with Crippen LogP contribution in [0.1, 0.15) is 12.5 Å². The van der Waals surface area contributed by atoms with Gasteiger partial charge in [0.1, 0.15) is 0 Å². The van der Waals surface area contributed by atoms with Gasteiger partial charge >= 0.3 is 0 Å². The van der Waals surface area contributed by atoms with Crippen LogP contribution in [0.4, 0.5) is 5.13 Å². The van der Waals surface area contributed by atoms with Crippen LogP contribution in [0, 0.1) is 0 Å². The first-order valence-corrected chi connectivity index (χ1v) is 8.27. The fraction of sp³-hybridized carbons (Fsp3) is 0.250. The molecule has 4 nitrogen and oxygen atoms in total. The summed E-state index contributed by atoms with van der Waals surface area (Å²) in [6.07, 6.45) is 2.11. The molecule has 0 amide bonds. The predicted molar refractivity (Wildman–Crippen MR) is 75.4 cm³/mol. The molecule has 1 aromatic carbocycles. The highest BCUT2D eigenvalue weighted by Gasteiger charge is 2.08. The molecule has 0 aliphatic carbocycles. The van der Waals surface area contributed by atoms with Gasteiger partial charge in [0.05, 0.1) is 11.9 Å². The van der Waals surface area contributed by atoms with Gasteiger partial charge in [-0.15, -0.1) is 11.3 Å². The van der Waals surface area contributed by atoms with Gasteiger partial charge in [0.25, 0.3) is 0 Å². The van der Waals surface area contributed by atoms with E-state index >= 15 is 0 Å². The molecule has 0 bridgehead atoms. The second kappa shape index (κ2) is 5.07. The Labute approximate surface area is 111 Å². The molecule has 2 aromatic rings. The molecule has 96 valence electrons. The van der Waals surface area contributed by atoms with Crippen LogP contribution < -0.4 is 4.72 Å². The van der Waals surface area contributed by atoms with Crippen molar-refractivity contribution in [1.29, 1.82) is 0 Å². The maximum Gasteiger partial charge on any atom is 0.231 e. The van der Waals surface area contributed by atoms with Crippen LogP contribution >= 0.6 is 11.3 Å². The van der Waals surface area contributed by atoms with E-state index in [2.05, 4.69) is 28.8 Å². The topological polar surface area (TPSA) is 59.1 Å². The lowest BCUT2D eigenvalue weighted by Gasteiger charge is -1.99. The summed E-state index contributed by atoms with van der Waals surface area (Å²) in [4.78, 5) is 4.25. The average Bonchev–Trinajstić information content (AvgIpc) is 2.75. The number of hydrogen-bond donors (Lipinski definition) is 1. The summed E-state index contributed by atoms with van der Waals surface area (Å²) >= 11 is 1.28. The number of sulfonamides is 1. The van der Waals surface area contributed by atoms with E-state index in [1.54, 1.807) is 0 Å². The van der Waals surface area contributed by atoms with Crippen LogP contribution in [0.2, 0.25) is 0 Å². The van der Waals surface area contributed by atoms with Crippen molar-refractivity contribution < 1.29 is 8.42 Å². The second-order valence-corrected chi connectivity index (χ2v) is 6.57. The number of thiazole rings is 1. The van der Waals surface area contributed by atoms with Crippen molar-refractivity contribution in [3.8, 4) is 11.3 Å². The number of anilines is 1. The van der Waals surface area contributed by atoms with Crippen LogP contribution in [0.3, 0.4) is 0 Å². The highest BCUT2D eigenvalue weighted by atomic mass is 32.2. The van der Waals surface area contributed by atoms with Gasteiger partial charge in [-0.3, -0.25) is 4.72 Å². The van der Waals surface area contributed by atoms with Crippen molar-refractivity contribution in [2.24, 2.45) is 0 Å². The molecular formula is C12H14N2O2S2. The summed E-state index contributed by atoms with van der Waals surface area (Å²) in [6.45, 7) is 2.10. The Bertz CT molecular complexity index is 630. The van der Waals surface area contributed by atoms with Crippen molar-refractivity contribution in [3.05, 3.63) is 35.2 Å². The number of nitrogens with one attached hydrogen (secondary N) is 1. The van der Waals surface area contributed by atoms with E-state index in [9.17, 15) is 8.42 Å². The first-order valence-electron chi connectivity index (χ1n) is 5.50. The van der Waals surface area contributed by atoms with Gasteiger partial charge < -0.3 is 0 Å². The minimum absolute atomic E-state index is 0.395. The zero-order valence-corrected chi connectivity index (χ0v) is 11.8. The number of benzene rings is 1. The van der Waals surface area contributed by atoms with Crippen LogP contribution in [0.15, 0.2) is 29.6 Å². The number of rotatable bonds is 4. The SMILES string of the molecule is CCc1ccc(-c2csc(NS(C)(=O)=O)n2)cc1. The Morgan fingerprint density at radius 3 is 2.50 bits per heavy atom. The van der Waals surface area contributed by atoms with E-state index < -0.39 is 10.0 Å². The van der Waals surface area contributed by atoms with Gasteiger partial charge in [0.2, 0.25) is 10.0 Å². The van der Waals surface area contributed by atoms with Gasteiger partial charge in [0, 0.05) is 10.9 Å². The lowest BCUT2D eigenvalue weighted by atomic mass is 10.1. The maximum atomic E-state index is 11.1. The molecule has 0 unspecified atom stereocenters. The van der Waals surface area contributed by atoms with E-state index in [4.69, 9.17) is 0 Å². The Balaban J connectivity index is 2.23. The highest BCUT2D eigenvalue weighted by Crippen LogP contribution is 2.25. The lowest BCUT2D eigenvalue weighted by molar-refractivity contribution is 0.607. The van der Waals surface area contributed by atoms with Gasteiger partial charge in [0.15, 0.2) is 5.13 Å². The minimum Gasteiger partial charge on any atom is -0.259 e. The van der Waals surface area contributed by atoms with Gasteiger partial charge in [-0.25, -0.2) is 13.4 Å². The Kier molecular flexibility index (Phi) is 3.68. The molecule has 0 aliphatic heterocycles. The fourth-order valence-electron chi connectivity index (χ4n) is 1.52.